The van der Waals surface area contributed by atoms with E-state index in [1.807, 2.05) is 26.8 Å². The molecule has 2 heterocycles. The summed E-state index contributed by atoms with van der Waals surface area (Å²) in [6.45, 7) is 6.40. The second-order valence-corrected chi connectivity index (χ2v) is 6.04. The molecule has 0 radical (unpaired) electrons. The Morgan fingerprint density at radius 1 is 1.31 bits per heavy atom. The molecule has 3 aromatic rings. The number of carbonyl (C=O) groups is 1. The molecule has 2 N–H and O–H groups in total. The van der Waals surface area contributed by atoms with Crippen molar-refractivity contribution >= 4 is 28.6 Å². The Morgan fingerprint density at radius 2 is 2.12 bits per heavy atom. The molecule has 0 saturated heterocycles. The van der Waals surface area contributed by atoms with E-state index in [0.717, 1.165) is 23.2 Å². The zero-order valence-electron chi connectivity index (χ0n) is 14.9. The van der Waals surface area contributed by atoms with Crippen molar-refractivity contribution in [2.75, 3.05) is 11.9 Å². The first-order valence-electron chi connectivity index (χ1n) is 8.37. The predicted molar refractivity (Wildman–Crippen MR) is 100 cm³/mol. The topological polar surface area (TPSA) is 101 Å². The Balaban J connectivity index is 2.03. The van der Waals surface area contributed by atoms with E-state index in [9.17, 15) is 9.70 Å². The number of carbonyl (C=O) groups excluding carboxylic acids is 1. The lowest BCUT2D eigenvalue weighted by Gasteiger charge is -2.10. The highest BCUT2D eigenvalue weighted by atomic mass is 16.3. The molecule has 0 bridgehead atoms. The third-order valence-corrected chi connectivity index (χ3v) is 4.19. The van der Waals surface area contributed by atoms with Crippen LogP contribution in [0.3, 0.4) is 0 Å². The average molecular weight is 352 g/mol. The predicted octanol–water partition coefficient (Wildman–Crippen LogP) is 3.63. The highest BCUT2D eigenvalue weighted by molar-refractivity contribution is 5.99. The second-order valence-electron chi connectivity index (χ2n) is 6.04. The van der Waals surface area contributed by atoms with Gasteiger partial charge >= 0.3 is 0 Å². The van der Waals surface area contributed by atoms with Crippen LogP contribution in [0, 0.1) is 18.8 Å². The summed E-state index contributed by atoms with van der Waals surface area (Å²) in [4.78, 5) is 27.5. The standard InChI is InChI=1S/C18H20N6O2/c1-4-7-19-18(25)14-9-24-16(12(14)3)17(20-10-21-24)22-15-8-13(23-26)6-5-11(15)2/h5-6,8-10H,4,7H2,1-3H3,(H,19,25)(H,20,21,22). The van der Waals surface area contributed by atoms with Crippen LogP contribution in [0.5, 0.6) is 0 Å². The monoisotopic (exact) mass is 352 g/mol. The molecule has 0 aliphatic carbocycles. The molecule has 1 amide bonds. The molecule has 1 aromatic carbocycles. The van der Waals surface area contributed by atoms with Crippen LogP contribution in [0.1, 0.15) is 34.8 Å². The molecule has 0 saturated carbocycles. The highest BCUT2D eigenvalue weighted by Gasteiger charge is 2.18. The fraction of sp³-hybridized carbons (Fsp3) is 0.278. The highest BCUT2D eigenvalue weighted by Crippen LogP contribution is 2.29. The number of hydrogen-bond acceptors (Lipinski definition) is 6. The van der Waals surface area contributed by atoms with Crippen molar-refractivity contribution in [1.82, 2.24) is 19.9 Å². The molecular formula is C18H20N6O2. The van der Waals surface area contributed by atoms with Gasteiger partial charge in [-0.25, -0.2) is 9.50 Å². The number of nitrogens with zero attached hydrogens (tertiary/aromatic N) is 4. The molecule has 26 heavy (non-hydrogen) atoms. The minimum atomic E-state index is -0.135. The summed E-state index contributed by atoms with van der Waals surface area (Å²) < 4.78 is 1.63. The van der Waals surface area contributed by atoms with Crippen molar-refractivity contribution in [3.63, 3.8) is 0 Å². The molecule has 0 unspecified atom stereocenters. The van der Waals surface area contributed by atoms with Crippen LogP contribution in [-0.2, 0) is 0 Å². The first-order chi connectivity index (χ1) is 12.5. The molecule has 0 spiro atoms. The summed E-state index contributed by atoms with van der Waals surface area (Å²) in [5.74, 6) is 0.419. The van der Waals surface area contributed by atoms with Crippen LogP contribution in [0.15, 0.2) is 35.9 Å². The third kappa shape index (κ3) is 3.26. The van der Waals surface area contributed by atoms with Crippen LogP contribution in [0.4, 0.5) is 17.2 Å². The van der Waals surface area contributed by atoms with Gasteiger partial charge in [0.15, 0.2) is 5.82 Å². The van der Waals surface area contributed by atoms with Crippen molar-refractivity contribution in [2.45, 2.75) is 27.2 Å². The number of anilines is 2. The summed E-state index contributed by atoms with van der Waals surface area (Å²) in [6.07, 6.45) is 3.98. The SMILES string of the molecule is CCCNC(=O)c1cn2ncnc(Nc3cc(N=O)ccc3C)c2c1C. The molecule has 0 aliphatic rings. The number of nitroso groups, excluding NO2 is 1. The Hall–Kier alpha value is -3.29. The number of amides is 1. The number of aryl methyl sites for hydroxylation is 2. The molecule has 3 rings (SSSR count). The zero-order valence-corrected chi connectivity index (χ0v) is 14.9. The molecule has 8 nitrogen and oxygen atoms in total. The number of rotatable bonds is 6. The summed E-state index contributed by atoms with van der Waals surface area (Å²) in [5, 5.41) is 13.3. The van der Waals surface area contributed by atoms with Crippen LogP contribution in [-0.4, -0.2) is 27.0 Å². The van der Waals surface area contributed by atoms with Crippen molar-refractivity contribution in [3.8, 4) is 0 Å². The third-order valence-electron chi connectivity index (χ3n) is 4.19. The van der Waals surface area contributed by atoms with Gasteiger partial charge in [0.05, 0.1) is 5.56 Å². The van der Waals surface area contributed by atoms with Crippen molar-refractivity contribution < 1.29 is 4.79 Å². The number of nitrogens with one attached hydrogen (secondary N) is 2. The molecule has 2 aromatic heterocycles. The number of fused-ring (bicyclic) bond motifs is 1. The van der Waals surface area contributed by atoms with Gasteiger partial charge in [-0.05, 0) is 48.7 Å². The van der Waals surface area contributed by atoms with Crippen molar-refractivity contribution in [2.24, 2.45) is 5.18 Å². The lowest BCUT2D eigenvalue weighted by atomic mass is 10.1. The van der Waals surface area contributed by atoms with E-state index in [1.54, 1.807) is 22.8 Å². The first-order valence-corrected chi connectivity index (χ1v) is 8.37. The van der Waals surface area contributed by atoms with E-state index in [2.05, 4.69) is 25.9 Å². The van der Waals surface area contributed by atoms with Gasteiger partial charge in [0, 0.05) is 18.4 Å². The van der Waals surface area contributed by atoms with Crippen LogP contribution in [0.25, 0.3) is 5.52 Å². The van der Waals surface area contributed by atoms with Crippen LogP contribution in [0.2, 0.25) is 0 Å². The lowest BCUT2D eigenvalue weighted by molar-refractivity contribution is 0.0953. The van der Waals surface area contributed by atoms with Gasteiger partial charge in [0.25, 0.3) is 5.91 Å². The molecule has 134 valence electrons. The van der Waals surface area contributed by atoms with Gasteiger partial charge in [-0.15, -0.1) is 4.91 Å². The van der Waals surface area contributed by atoms with E-state index in [1.165, 1.54) is 6.33 Å². The Labute approximate surface area is 150 Å². The Morgan fingerprint density at radius 3 is 2.85 bits per heavy atom. The van der Waals surface area contributed by atoms with Gasteiger partial charge in [-0.1, -0.05) is 13.0 Å². The number of hydrogen-bond donors (Lipinski definition) is 2. The molecule has 8 heteroatoms. The fourth-order valence-electron chi connectivity index (χ4n) is 2.74. The van der Waals surface area contributed by atoms with Crippen LogP contribution < -0.4 is 10.6 Å². The maximum Gasteiger partial charge on any atom is 0.253 e. The van der Waals surface area contributed by atoms with E-state index in [-0.39, 0.29) is 5.91 Å². The Kier molecular flexibility index (Phi) is 4.92. The maximum absolute atomic E-state index is 12.4. The van der Waals surface area contributed by atoms with Gasteiger partial charge in [0.2, 0.25) is 0 Å². The number of aromatic nitrogens is 3. The number of benzene rings is 1. The van der Waals surface area contributed by atoms with Gasteiger partial charge in [-0.2, -0.15) is 5.10 Å². The normalized spacial score (nSPS) is 10.7. The summed E-state index contributed by atoms with van der Waals surface area (Å²) in [6, 6.07) is 5.13. The lowest BCUT2D eigenvalue weighted by Crippen LogP contribution is -2.24. The summed E-state index contributed by atoms with van der Waals surface area (Å²) >= 11 is 0. The average Bonchev–Trinajstić information content (AvgIpc) is 2.99. The minimum absolute atomic E-state index is 0.135. The van der Waals surface area contributed by atoms with E-state index >= 15 is 0 Å². The Bertz CT molecular complexity index is 979. The quantitative estimate of drug-likeness (QED) is 0.660. The van der Waals surface area contributed by atoms with Crippen molar-refractivity contribution in [1.29, 1.82) is 0 Å². The molecule has 0 fully saturated rings. The van der Waals surface area contributed by atoms with Gasteiger partial charge in [0.1, 0.15) is 17.5 Å². The first kappa shape index (κ1) is 17.5. The van der Waals surface area contributed by atoms with Crippen LogP contribution >= 0.6 is 0 Å². The smallest absolute Gasteiger partial charge is 0.253 e. The van der Waals surface area contributed by atoms with E-state index in [0.29, 0.717) is 29.1 Å². The van der Waals surface area contributed by atoms with Gasteiger partial charge in [-0.3, -0.25) is 4.79 Å². The summed E-state index contributed by atoms with van der Waals surface area (Å²) in [7, 11) is 0. The zero-order chi connectivity index (χ0) is 18.7. The van der Waals surface area contributed by atoms with E-state index < -0.39 is 0 Å². The largest absolute Gasteiger partial charge is 0.352 e. The maximum atomic E-state index is 12.4. The van der Waals surface area contributed by atoms with Crippen molar-refractivity contribution in [3.05, 3.63) is 52.3 Å². The fourth-order valence-corrected chi connectivity index (χ4v) is 2.74. The minimum Gasteiger partial charge on any atom is -0.352 e. The second kappa shape index (κ2) is 7.30. The van der Waals surface area contributed by atoms with Gasteiger partial charge < -0.3 is 10.6 Å². The molecule has 0 atom stereocenters. The molecular weight excluding hydrogens is 332 g/mol. The summed E-state index contributed by atoms with van der Waals surface area (Å²) in [5.41, 5.74) is 4.04. The van der Waals surface area contributed by atoms with E-state index in [4.69, 9.17) is 0 Å². The molecule has 0 aliphatic heterocycles.